The summed E-state index contributed by atoms with van der Waals surface area (Å²) in [6, 6.07) is 0. The largest absolute Gasteiger partial charge is 0.354 e. The molecule has 0 aromatic carbocycles. The Morgan fingerprint density at radius 3 is 3.06 bits per heavy atom. The number of nitrogens with zero attached hydrogens (tertiary/aromatic N) is 1. The van der Waals surface area contributed by atoms with Gasteiger partial charge in [-0.2, -0.15) is 0 Å². The van der Waals surface area contributed by atoms with Crippen molar-refractivity contribution in [2.45, 2.75) is 19.3 Å². The molecule has 0 bridgehead atoms. The van der Waals surface area contributed by atoms with Gasteiger partial charge in [-0.25, -0.2) is 0 Å². The van der Waals surface area contributed by atoms with Crippen molar-refractivity contribution in [1.29, 1.82) is 0 Å². The highest BCUT2D eigenvalue weighted by Gasteiger charge is 2.23. The monoisotopic (exact) mass is 225 g/mol. The Balaban J connectivity index is 1.72. The predicted octanol–water partition coefficient (Wildman–Crippen LogP) is -0.665. The maximum atomic E-state index is 11.6. The number of nitrogens with one attached hydrogen (secondary N) is 2. The molecule has 0 unspecified atom stereocenters. The molecular formula is C11H19N3O2. The summed E-state index contributed by atoms with van der Waals surface area (Å²) in [5.74, 6) is 0.687. The van der Waals surface area contributed by atoms with E-state index in [2.05, 4.69) is 10.6 Å². The first kappa shape index (κ1) is 11.4. The first-order chi connectivity index (χ1) is 7.75. The smallest absolute Gasteiger partial charge is 0.239 e. The van der Waals surface area contributed by atoms with Crippen LogP contribution in [0.5, 0.6) is 0 Å². The molecule has 16 heavy (non-hydrogen) atoms. The summed E-state index contributed by atoms with van der Waals surface area (Å²) in [7, 11) is 0. The highest BCUT2D eigenvalue weighted by atomic mass is 16.2. The molecule has 1 heterocycles. The van der Waals surface area contributed by atoms with Crippen molar-refractivity contribution in [3.8, 4) is 0 Å². The third-order valence-corrected chi connectivity index (χ3v) is 3.03. The molecule has 0 atom stereocenters. The van der Waals surface area contributed by atoms with Crippen LogP contribution in [0.25, 0.3) is 0 Å². The summed E-state index contributed by atoms with van der Waals surface area (Å²) in [6.45, 7) is 2.89. The van der Waals surface area contributed by atoms with Gasteiger partial charge in [0.2, 0.25) is 11.8 Å². The molecule has 5 nitrogen and oxygen atoms in total. The fraction of sp³-hybridized carbons (Fsp3) is 0.818. The molecule has 90 valence electrons. The van der Waals surface area contributed by atoms with Crippen LogP contribution in [0.3, 0.4) is 0 Å². The average Bonchev–Trinajstić information content (AvgIpc) is 3.07. The maximum absolute atomic E-state index is 11.6. The van der Waals surface area contributed by atoms with Crippen molar-refractivity contribution in [1.82, 2.24) is 15.5 Å². The molecule has 2 aliphatic rings. The van der Waals surface area contributed by atoms with E-state index in [1.807, 2.05) is 0 Å². The third-order valence-electron chi connectivity index (χ3n) is 3.03. The molecular weight excluding hydrogens is 206 g/mol. The lowest BCUT2D eigenvalue weighted by atomic mass is 10.3. The molecule has 0 aromatic rings. The van der Waals surface area contributed by atoms with Crippen LogP contribution in [0.1, 0.15) is 19.3 Å². The van der Waals surface area contributed by atoms with Gasteiger partial charge in [-0.05, 0) is 31.7 Å². The van der Waals surface area contributed by atoms with Crippen molar-refractivity contribution in [3.05, 3.63) is 0 Å². The Labute approximate surface area is 95.6 Å². The predicted molar refractivity (Wildman–Crippen MR) is 59.8 cm³/mol. The number of rotatable bonds is 4. The van der Waals surface area contributed by atoms with Gasteiger partial charge in [-0.3, -0.25) is 9.59 Å². The molecule has 2 N–H and O–H groups in total. The van der Waals surface area contributed by atoms with E-state index in [0.29, 0.717) is 19.0 Å². The van der Waals surface area contributed by atoms with Crippen LogP contribution in [0.4, 0.5) is 0 Å². The number of carbonyl (C=O) groups excluding carboxylic acids is 2. The molecule has 0 radical (unpaired) electrons. The maximum Gasteiger partial charge on any atom is 0.239 e. The molecule has 1 aliphatic heterocycles. The number of hydrogen-bond acceptors (Lipinski definition) is 3. The van der Waals surface area contributed by atoms with Crippen molar-refractivity contribution >= 4 is 11.8 Å². The van der Waals surface area contributed by atoms with E-state index in [4.69, 9.17) is 0 Å². The highest BCUT2D eigenvalue weighted by molar-refractivity contribution is 5.85. The topological polar surface area (TPSA) is 61.4 Å². The minimum absolute atomic E-state index is 0.0258. The van der Waals surface area contributed by atoms with Crippen LogP contribution in [0.2, 0.25) is 0 Å². The number of amides is 2. The zero-order valence-corrected chi connectivity index (χ0v) is 9.50. The van der Waals surface area contributed by atoms with Crippen molar-refractivity contribution in [2.75, 3.05) is 32.7 Å². The summed E-state index contributed by atoms with van der Waals surface area (Å²) < 4.78 is 0. The van der Waals surface area contributed by atoms with Crippen molar-refractivity contribution < 1.29 is 9.59 Å². The van der Waals surface area contributed by atoms with Gasteiger partial charge in [0, 0.05) is 13.1 Å². The van der Waals surface area contributed by atoms with Gasteiger partial charge in [-0.1, -0.05) is 0 Å². The van der Waals surface area contributed by atoms with Crippen molar-refractivity contribution in [3.63, 3.8) is 0 Å². The Morgan fingerprint density at radius 1 is 1.50 bits per heavy atom. The number of carbonyl (C=O) groups is 2. The first-order valence-corrected chi connectivity index (χ1v) is 6.01. The summed E-state index contributed by atoms with van der Waals surface area (Å²) in [6.07, 6.45) is 3.38. The van der Waals surface area contributed by atoms with Gasteiger partial charge in [-0.15, -0.1) is 0 Å². The molecule has 2 rings (SSSR count). The standard InChI is InChI=1S/C11H19N3O2/c15-10(13-6-9-2-3-9)8-14-5-1-4-12-7-11(14)16/h9,12H,1-8H2,(H,13,15). The SMILES string of the molecule is O=C(CN1CCCNCC1=O)NCC1CC1. The molecule has 1 saturated heterocycles. The Morgan fingerprint density at radius 2 is 2.31 bits per heavy atom. The van der Waals surface area contributed by atoms with Crippen LogP contribution in [0.15, 0.2) is 0 Å². The summed E-state index contributed by atoms with van der Waals surface area (Å²) in [4.78, 5) is 24.8. The molecule has 1 saturated carbocycles. The minimum atomic E-state index is -0.0258. The molecule has 2 amide bonds. The second kappa shape index (κ2) is 5.30. The van der Waals surface area contributed by atoms with Crippen molar-refractivity contribution in [2.24, 2.45) is 5.92 Å². The minimum Gasteiger partial charge on any atom is -0.354 e. The van der Waals surface area contributed by atoms with E-state index < -0.39 is 0 Å². The second-order valence-electron chi connectivity index (χ2n) is 4.59. The van der Waals surface area contributed by atoms with Crippen LogP contribution in [-0.4, -0.2) is 49.4 Å². The highest BCUT2D eigenvalue weighted by Crippen LogP contribution is 2.27. The molecule has 0 spiro atoms. The van der Waals surface area contributed by atoms with Gasteiger partial charge in [0.25, 0.3) is 0 Å². The van der Waals surface area contributed by atoms with E-state index in [1.165, 1.54) is 12.8 Å². The Bertz CT molecular complexity index is 276. The van der Waals surface area contributed by atoms with E-state index >= 15 is 0 Å². The lowest BCUT2D eigenvalue weighted by molar-refractivity contribution is -0.134. The lowest BCUT2D eigenvalue weighted by Gasteiger charge is -2.19. The second-order valence-corrected chi connectivity index (χ2v) is 4.59. The van der Waals surface area contributed by atoms with Crippen LogP contribution >= 0.6 is 0 Å². The normalized spacial score (nSPS) is 21.8. The van der Waals surface area contributed by atoms with E-state index in [-0.39, 0.29) is 18.4 Å². The third kappa shape index (κ3) is 3.48. The average molecular weight is 225 g/mol. The Hall–Kier alpha value is -1.10. The number of hydrogen-bond donors (Lipinski definition) is 2. The van der Waals surface area contributed by atoms with E-state index in [1.54, 1.807) is 4.90 Å². The fourth-order valence-electron chi connectivity index (χ4n) is 1.80. The van der Waals surface area contributed by atoms with Gasteiger partial charge in [0.05, 0.1) is 13.1 Å². The molecule has 5 heteroatoms. The quantitative estimate of drug-likeness (QED) is 0.667. The first-order valence-electron chi connectivity index (χ1n) is 6.01. The van der Waals surface area contributed by atoms with Gasteiger partial charge >= 0.3 is 0 Å². The fourth-order valence-corrected chi connectivity index (χ4v) is 1.80. The molecule has 1 aliphatic carbocycles. The summed E-state index contributed by atoms with van der Waals surface area (Å²) in [5.41, 5.74) is 0. The summed E-state index contributed by atoms with van der Waals surface area (Å²) >= 11 is 0. The van der Waals surface area contributed by atoms with Gasteiger partial charge in [0.15, 0.2) is 0 Å². The molecule has 0 aromatic heterocycles. The zero-order valence-electron chi connectivity index (χ0n) is 9.50. The van der Waals surface area contributed by atoms with Gasteiger partial charge < -0.3 is 15.5 Å². The van der Waals surface area contributed by atoms with E-state index in [9.17, 15) is 9.59 Å². The Kier molecular flexibility index (Phi) is 3.77. The van der Waals surface area contributed by atoms with E-state index in [0.717, 1.165) is 19.5 Å². The van der Waals surface area contributed by atoms with Gasteiger partial charge in [0.1, 0.15) is 0 Å². The summed E-state index contributed by atoms with van der Waals surface area (Å²) in [5, 5.41) is 5.92. The van der Waals surface area contributed by atoms with Crippen LogP contribution in [0, 0.1) is 5.92 Å². The lowest BCUT2D eigenvalue weighted by Crippen LogP contribution is -2.42. The molecule has 2 fully saturated rings. The van der Waals surface area contributed by atoms with Crippen LogP contribution < -0.4 is 10.6 Å². The van der Waals surface area contributed by atoms with Crippen LogP contribution in [-0.2, 0) is 9.59 Å². The zero-order chi connectivity index (χ0) is 11.4.